The highest BCUT2D eigenvalue weighted by Crippen LogP contribution is 2.35. The third-order valence-electron chi connectivity index (χ3n) is 6.52. The molecule has 2 heterocycles. The second kappa shape index (κ2) is 12.0. The summed E-state index contributed by atoms with van der Waals surface area (Å²) in [6.45, 7) is 1.33. The van der Waals surface area contributed by atoms with Crippen LogP contribution >= 0.6 is 35.6 Å². The molecule has 7 nitrogen and oxygen atoms in total. The van der Waals surface area contributed by atoms with E-state index < -0.39 is 30.4 Å². The molecule has 40 heavy (non-hydrogen) atoms. The summed E-state index contributed by atoms with van der Waals surface area (Å²) in [5.74, 6) is -2.38. The van der Waals surface area contributed by atoms with E-state index >= 15 is 0 Å². The normalized spacial score (nSPS) is 13.7. The third-order valence-corrected chi connectivity index (χ3v) is 7.15. The highest BCUT2D eigenvalue weighted by molar-refractivity contribution is 6.40. The predicted molar refractivity (Wildman–Crippen MR) is 152 cm³/mol. The molecule has 3 aromatic carbocycles. The van der Waals surface area contributed by atoms with Gasteiger partial charge in [0.2, 0.25) is 11.7 Å². The minimum absolute atomic E-state index is 0. The summed E-state index contributed by atoms with van der Waals surface area (Å²) >= 11 is 12.2. The molecule has 0 bridgehead atoms. The van der Waals surface area contributed by atoms with Crippen LogP contribution < -0.4 is 10.2 Å². The molecule has 4 aromatic rings. The molecule has 1 aliphatic heterocycles. The first kappa shape index (κ1) is 29.5. The second-order valence-corrected chi connectivity index (χ2v) is 9.76. The van der Waals surface area contributed by atoms with Crippen LogP contribution in [0, 0.1) is 0 Å². The number of fused-ring (bicyclic) bond motifs is 1. The summed E-state index contributed by atoms with van der Waals surface area (Å²) in [5.41, 5.74) is 0.988. The molecule has 210 valence electrons. The Labute approximate surface area is 243 Å². The van der Waals surface area contributed by atoms with E-state index in [9.17, 15) is 22.8 Å². The summed E-state index contributed by atoms with van der Waals surface area (Å²) < 4.78 is 43.0. The molecule has 1 saturated heterocycles. The summed E-state index contributed by atoms with van der Waals surface area (Å²) in [5, 5.41) is 2.74. The number of rotatable bonds is 5. The quantitative estimate of drug-likeness (QED) is 0.284. The fourth-order valence-electron chi connectivity index (χ4n) is 4.61. The summed E-state index contributed by atoms with van der Waals surface area (Å²) in [6.07, 6.45) is -4.83. The number of hydrogen-bond acceptors (Lipinski definition) is 4. The summed E-state index contributed by atoms with van der Waals surface area (Å²) in [6, 6.07) is 18.6. The average molecular weight is 613 g/mol. The molecular weight excluding hydrogens is 590 g/mol. The van der Waals surface area contributed by atoms with Crippen molar-refractivity contribution in [2.75, 3.05) is 36.4 Å². The number of carbonyl (C=O) groups excluding carboxylic acids is 2. The third kappa shape index (κ3) is 5.99. The van der Waals surface area contributed by atoms with Gasteiger partial charge >= 0.3 is 6.18 Å². The monoisotopic (exact) mass is 611 g/mol. The number of carbonyl (C=O) groups is 2. The Kier molecular flexibility index (Phi) is 8.82. The lowest BCUT2D eigenvalue weighted by molar-refractivity contribution is -0.148. The minimum atomic E-state index is -4.83. The van der Waals surface area contributed by atoms with Crippen molar-refractivity contribution in [3.8, 4) is 0 Å². The zero-order chi connectivity index (χ0) is 27.7. The number of piperazine rings is 1. The fourth-order valence-corrected chi connectivity index (χ4v) is 5.18. The zero-order valence-electron chi connectivity index (χ0n) is 20.8. The van der Waals surface area contributed by atoms with Crippen LogP contribution in [0.25, 0.3) is 11.0 Å². The lowest BCUT2D eigenvalue weighted by Crippen LogP contribution is -2.49. The first-order chi connectivity index (χ1) is 18.6. The van der Waals surface area contributed by atoms with Crippen molar-refractivity contribution in [1.29, 1.82) is 0 Å². The van der Waals surface area contributed by atoms with Gasteiger partial charge in [-0.15, -0.1) is 12.4 Å². The van der Waals surface area contributed by atoms with Gasteiger partial charge < -0.3 is 19.7 Å². The van der Waals surface area contributed by atoms with Gasteiger partial charge in [-0.05, 0) is 36.4 Å². The number of benzene rings is 3. The number of amides is 2. The molecule has 0 atom stereocenters. The second-order valence-electron chi connectivity index (χ2n) is 8.95. The summed E-state index contributed by atoms with van der Waals surface area (Å²) in [7, 11) is 0. The Bertz CT molecular complexity index is 1520. The maximum Gasteiger partial charge on any atom is 0.449 e. The molecule has 0 unspecified atom stereocenters. The number of nitrogens with one attached hydrogen (secondary N) is 1. The van der Waals surface area contributed by atoms with Crippen LogP contribution in [0.1, 0.15) is 16.2 Å². The molecule has 1 aromatic heterocycles. The van der Waals surface area contributed by atoms with Crippen LogP contribution in [-0.4, -0.2) is 52.4 Å². The van der Waals surface area contributed by atoms with E-state index in [-0.39, 0.29) is 44.7 Å². The van der Waals surface area contributed by atoms with Crippen LogP contribution in [0.4, 0.5) is 24.5 Å². The summed E-state index contributed by atoms with van der Waals surface area (Å²) in [4.78, 5) is 33.5. The van der Waals surface area contributed by atoms with Gasteiger partial charge in [-0.25, -0.2) is 4.98 Å². The molecule has 13 heteroatoms. The minimum Gasteiger partial charge on any atom is -0.368 e. The molecule has 0 spiro atoms. The van der Waals surface area contributed by atoms with Crippen LogP contribution in [0.2, 0.25) is 10.0 Å². The van der Waals surface area contributed by atoms with Crippen molar-refractivity contribution < 1.29 is 22.8 Å². The van der Waals surface area contributed by atoms with Gasteiger partial charge in [-0.2, -0.15) is 13.2 Å². The number of anilines is 2. The van der Waals surface area contributed by atoms with Crippen LogP contribution in [-0.2, 0) is 17.5 Å². The van der Waals surface area contributed by atoms with Crippen molar-refractivity contribution in [1.82, 2.24) is 14.5 Å². The van der Waals surface area contributed by atoms with Gasteiger partial charge in [-0.1, -0.05) is 53.5 Å². The van der Waals surface area contributed by atoms with Gasteiger partial charge in [-0.3, -0.25) is 9.59 Å². The topological polar surface area (TPSA) is 70.5 Å². The van der Waals surface area contributed by atoms with E-state index in [1.54, 1.807) is 11.0 Å². The molecule has 0 radical (unpaired) electrons. The van der Waals surface area contributed by atoms with Crippen LogP contribution in [0.15, 0.2) is 66.7 Å². The first-order valence-electron chi connectivity index (χ1n) is 12.0. The SMILES string of the molecule is Cl.O=C(Nc1cccc2c1nc(C(F)(F)F)n2CC(=O)N1CCN(c2ccccc2)CC1)c1c(Cl)cccc1Cl. The lowest BCUT2D eigenvalue weighted by Gasteiger charge is -2.36. The van der Waals surface area contributed by atoms with Crippen molar-refractivity contribution in [3.63, 3.8) is 0 Å². The highest BCUT2D eigenvalue weighted by Gasteiger charge is 2.39. The van der Waals surface area contributed by atoms with E-state index in [1.165, 1.54) is 30.3 Å². The standard InChI is InChI=1S/C27H22Cl2F3N5O2.ClH/c28-18-8-4-9-19(29)23(18)25(39)33-20-10-5-11-21-24(20)34-26(27(30,31)32)37(21)16-22(38)36-14-12-35(13-15-36)17-6-2-1-3-7-17;/h1-11H,12-16H2,(H,33,39);1H. The smallest absolute Gasteiger partial charge is 0.368 e. The zero-order valence-corrected chi connectivity index (χ0v) is 23.1. The van der Waals surface area contributed by atoms with Crippen LogP contribution in [0.5, 0.6) is 0 Å². The van der Waals surface area contributed by atoms with Crippen LogP contribution in [0.3, 0.4) is 0 Å². The van der Waals surface area contributed by atoms with Crippen molar-refractivity contribution >= 4 is 69.8 Å². The average Bonchev–Trinajstić information content (AvgIpc) is 3.29. The molecule has 2 amide bonds. The van der Waals surface area contributed by atoms with E-state index in [2.05, 4.69) is 15.2 Å². The largest absolute Gasteiger partial charge is 0.449 e. The van der Waals surface area contributed by atoms with Gasteiger partial charge in [0.25, 0.3) is 5.91 Å². The maximum absolute atomic E-state index is 14.0. The molecule has 1 fully saturated rings. The lowest BCUT2D eigenvalue weighted by atomic mass is 10.2. The van der Waals surface area contributed by atoms with E-state index in [0.29, 0.717) is 26.2 Å². The number of halogens is 6. The van der Waals surface area contributed by atoms with Crippen molar-refractivity contribution in [2.45, 2.75) is 12.7 Å². The molecule has 1 aliphatic rings. The number of aromatic nitrogens is 2. The van der Waals surface area contributed by atoms with Gasteiger partial charge in [0.05, 0.1) is 26.8 Å². The number of para-hydroxylation sites is 2. The molecular formula is C27H23Cl3F3N5O2. The van der Waals surface area contributed by atoms with E-state index in [1.807, 2.05) is 30.3 Å². The Morgan fingerprint density at radius 2 is 1.50 bits per heavy atom. The van der Waals surface area contributed by atoms with Gasteiger partial charge in [0.15, 0.2) is 0 Å². The number of imidazole rings is 1. The number of alkyl halides is 3. The molecule has 5 rings (SSSR count). The van der Waals surface area contributed by atoms with Gasteiger partial charge in [0, 0.05) is 31.9 Å². The molecule has 0 aliphatic carbocycles. The predicted octanol–water partition coefficient (Wildman–Crippen LogP) is 6.38. The molecule has 0 saturated carbocycles. The Morgan fingerprint density at radius 1 is 0.875 bits per heavy atom. The Morgan fingerprint density at radius 3 is 2.12 bits per heavy atom. The maximum atomic E-state index is 14.0. The van der Waals surface area contributed by atoms with E-state index in [0.717, 1.165) is 10.3 Å². The highest BCUT2D eigenvalue weighted by atomic mass is 35.5. The van der Waals surface area contributed by atoms with Gasteiger partial charge in [0.1, 0.15) is 12.1 Å². The van der Waals surface area contributed by atoms with Crippen molar-refractivity contribution in [2.24, 2.45) is 0 Å². The first-order valence-corrected chi connectivity index (χ1v) is 12.8. The Balaban J connectivity index is 0.00000370. The van der Waals surface area contributed by atoms with Crippen molar-refractivity contribution in [3.05, 3.63) is 88.2 Å². The van der Waals surface area contributed by atoms with E-state index in [4.69, 9.17) is 23.2 Å². The fraction of sp³-hybridized carbons (Fsp3) is 0.222. The Hall–Kier alpha value is -3.47. The number of nitrogens with zero attached hydrogens (tertiary/aromatic N) is 4. The number of hydrogen-bond donors (Lipinski definition) is 1. The molecule has 1 N–H and O–H groups in total.